The first-order valence-electron chi connectivity index (χ1n) is 8.73. The molecule has 0 amide bonds. The Kier molecular flexibility index (Phi) is 6.41. The fourth-order valence-corrected chi connectivity index (χ4v) is 5.09. The van der Waals surface area contributed by atoms with Crippen molar-refractivity contribution in [2.24, 2.45) is 5.92 Å². The molecule has 0 spiro atoms. The molecule has 0 N–H and O–H groups in total. The summed E-state index contributed by atoms with van der Waals surface area (Å²) in [4.78, 5) is 20.8. The molecule has 0 radical (unpaired) electrons. The van der Waals surface area contributed by atoms with Crippen LogP contribution in [0.3, 0.4) is 0 Å². The Morgan fingerprint density at radius 2 is 1.89 bits per heavy atom. The van der Waals surface area contributed by atoms with Crippen LogP contribution in [0.5, 0.6) is 0 Å². The molecule has 2 rings (SSSR count). The molecule has 1 aliphatic rings. The molecule has 0 fully saturated rings. The normalized spacial score (nSPS) is 20.7. The van der Waals surface area contributed by atoms with Crippen LogP contribution in [0.25, 0.3) is 5.57 Å². The van der Waals surface area contributed by atoms with E-state index in [1.54, 1.807) is 13.8 Å². The molecule has 9 heteroatoms. The van der Waals surface area contributed by atoms with Gasteiger partial charge in [0.2, 0.25) is 0 Å². The molecular formula is C19H24N2O6S. The molecule has 0 aliphatic heterocycles. The zero-order chi connectivity index (χ0) is 21.1. The minimum atomic E-state index is -4.53. The number of hydrogen-bond acceptors (Lipinski definition) is 6. The molecule has 1 aliphatic carbocycles. The van der Waals surface area contributed by atoms with Gasteiger partial charge in [-0.15, -0.1) is 0 Å². The monoisotopic (exact) mass is 408 g/mol. The van der Waals surface area contributed by atoms with Gasteiger partial charge in [-0.05, 0) is 17.1 Å². The van der Waals surface area contributed by atoms with E-state index in [2.05, 4.69) is 0 Å². The minimum Gasteiger partial charge on any atom is -0.468 e. The van der Waals surface area contributed by atoms with E-state index in [0.29, 0.717) is 5.57 Å². The summed E-state index contributed by atoms with van der Waals surface area (Å²) in [5.41, 5.74) is 1.53. The largest absolute Gasteiger partial charge is 0.468 e. The van der Waals surface area contributed by atoms with Gasteiger partial charge in [-0.2, -0.15) is 4.31 Å². The maximum Gasteiger partial charge on any atom is 0.354 e. The number of carbonyl (C=O) groups excluding carboxylic acids is 1. The summed E-state index contributed by atoms with van der Waals surface area (Å²) in [6, 6.07) is 8.00. The molecule has 0 heterocycles. The highest BCUT2D eigenvalue weighted by Crippen LogP contribution is 2.36. The lowest BCUT2D eigenvalue weighted by Gasteiger charge is -2.33. The molecule has 1 unspecified atom stereocenters. The number of likely N-dealkylation sites (N-methyl/N-ethyl adjacent to an activating group) is 1. The van der Waals surface area contributed by atoms with Gasteiger partial charge >= 0.3 is 10.8 Å². The summed E-state index contributed by atoms with van der Waals surface area (Å²) in [5, 5.41) is 11.9. The third-order valence-electron chi connectivity index (χ3n) is 4.85. The Morgan fingerprint density at radius 1 is 1.29 bits per heavy atom. The Bertz CT molecular complexity index is 908. The van der Waals surface area contributed by atoms with E-state index in [-0.39, 0.29) is 6.42 Å². The smallest absolute Gasteiger partial charge is 0.354 e. The SMILES string of the molecule is COC(=O)[C@H](C(C)C)N(C)S(=O)(=O)C1([N+](=O)[O-])C=CC(c2ccccc2)=CC1. The Balaban J connectivity index is 2.46. The highest BCUT2D eigenvalue weighted by atomic mass is 32.2. The highest BCUT2D eigenvalue weighted by molar-refractivity contribution is 7.90. The lowest BCUT2D eigenvalue weighted by molar-refractivity contribution is -0.526. The number of allylic oxidation sites excluding steroid dienone is 2. The van der Waals surface area contributed by atoms with Crippen molar-refractivity contribution in [2.75, 3.05) is 14.2 Å². The lowest BCUT2D eigenvalue weighted by Crippen LogP contribution is -2.57. The second kappa shape index (κ2) is 8.24. The average Bonchev–Trinajstić information content (AvgIpc) is 2.68. The fraction of sp³-hybridized carbons (Fsp3) is 0.421. The van der Waals surface area contributed by atoms with Crippen molar-refractivity contribution in [3.05, 3.63) is 64.2 Å². The van der Waals surface area contributed by atoms with E-state index in [1.807, 2.05) is 30.3 Å². The van der Waals surface area contributed by atoms with Crippen molar-refractivity contribution in [1.29, 1.82) is 0 Å². The first-order valence-corrected chi connectivity index (χ1v) is 10.2. The molecule has 152 valence electrons. The topological polar surface area (TPSA) is 107 Å². The third-order valence-corrected chi connectivity index (χ3v) is 7.18. The maximum atomic E-state index is 13.3. The third kappa shape index (κ3) is 3.72. The van der Waals surface area contributed by atoms with Crippen LogP contribution in [-0.2, 0) is 19.6 Å². The van der Waals surface area contributed by atoms with E-state index in [0.717, 1.165) is 23.1 Å². The van der Waals surface area contributed by atoms with Crippen LogP contribution in [0.2, 0.25) is 0 Å². The molecule has 8 nitrogen and oxygen atoms in total. The maximum absolute atomic E-state index is 13.3. The van der Waals surface area contributed by atoms with Crippen molar-refractivity contribution in [2.45, 2.75) is 31.2 Å². The predicted molar refractivity (Wildman–Crippen MR) is 105 cm³/mol. The van der Waals surface area contributed by atoms with Crippen LogP contribution in [0.1, 0.15) is 25.8 Å². The first kappa shape index (κ1) is 21.8. The zero-order valence-electron chi connectivity index (χ0n) is 16.2. The highest BCUT2D eigenvalue weighted by Gasteiger charge is 2.58. The molecule has 0 saturated carbocycles. The number of nitrogens with zero attached hydrogens (tertiary/aromatic N) is 2. The number of esters is 1. The molecule has 2 atom stereocenters. The molecule has 28 heavy (non-hydrogen) atoms. The van der Waals surface area contributed by atoms with E-state index in [4.69, 9.17) is 4.74 Å². The van der Waals surface area contributed by atoms with E-state index in [1.165, 1.54) is 19.2 Å². The first-order chi connectivity index (χ1) is 13.1. The standard InChI is InChI=1S/C19H24N2O6S/c1-14(2)17(18(22)27-4)20(3)28(25,26)19(21(23)24)12-10-16(11-13-19)15-8-6-5-7-9-15/h5-12,14,17H,13H2,1-4H3/t17-,19?/m0/s1. The van der Waals surface area contributed by atoms with Crippen molar-refractivity contribution in [3.8, 4) is 0 Å². The molecule has 0 saturated heterocycles. The molecule has 1 aromatic rings. The minimum absolute atomic E-state index is 0.348. The van der Waals surface area contributed by atoms with Crippen LogP contribution < -0.4 is 0 Å². The molecule has 1 aromatic carbocycles. The number of methoxy groups -OCH3 is 1. The van der Waals surface area contributed by atoms with Crippen molar-refractivity contribution < 1.29 is 22.9 Å². The summed E-state index contributed by atoms with van der Waals surface area (Å²) in [6.45, 7) is 3.30. The van der Waals surface area contributed by atoms with Crippen LogP contribution in [0.15, 0.2) is 48.6 Å². The van der Waals surface area contributed by atoms with Crippen LogP contribution in [-0.4, -0.2) is 48.7 Å². The number of ether oxygens (including phenoxy) is 1. The van der Waals surface area contributed by atoms with Gasteiger partial charge in [-0.25, -0.2) is 8.42 Å². The Hall–Kier alpha value is -2.52. The quantitative estimate of drug-likeness (QED) is 0.390. The number of sulfonamides is 1. The predicted octanol–water partition coefficient (Wildman–Crippen LogP) is 2.46. The van der Waals surface area contributed by atoms with Gasteiger partial charge in [0.25, 0.3) is 10.0 Å². The molecular weight excluding hydrogens is 384 g/mol. The van der Waals surface area contributed by atoms with Crippen LogP contribution >= 0.6 is 0 Å². The second-order valence-electron chi connectivity index (χ2n) is 6.90. The van der Waals surface area contributed by atoms with Gasteiger partial charge in [0.15, 0.2) is 0 Å². The average molecular weight is 408 g/mol. The number of rotatable bonds is 7. The summed E-state index contributed by atoms with van der Waals surface area (Å²) < 4.78 is 32.0. The van der Waals surface area contributed by atoms with E-state index < -0.39 is 37.7 Å². The second-order valence-corrected chi connectivity index (χ2v) is 9.13. The molecule has 0 bridgehead atoms. The van der Waals surface area contributed by atoms with Gasteiger partial charge in [0.05, 0.1) is 13.5 Å². The Labute approximate surface area is 164 Å². The lowest BCUT2D eigenvalue weighted by atomic mass is 9.97. The van der Waals surface area contributed by atoms with Gasteiger partial charge in [0, 0.05) is 18.0 Å². The zero-order valence-corrected chi connectivity index (χ0v) is 17.0. The molecule has 0 aromatic heterocycles. The summed E-state index contributed by atoms with van der Waals surface area (Å²) in [5.74, 6) is -1.20. The summed E-state index contributed by atoms with van der Waals surface area (Å²) in [7, 11) is -2.20. The van der Waals surface area contributed by atoms with Gasteiger partial charge in [-0.3, -0.25) is 14.9 Å². The van der Waals surface area contributed by atoms with Crippen molar-refractivity contribution in [3.63, 3.8) is 0 Å². The van der Waals surface area contributed by atoms with Crippen molar-refractivity contribution in [1.82, 2.24) is 4.31 Å². The van der Waals surface area contributed by atoms with Crippen LogP contribution in [0.4, 0.5) is 0 Å². The van der Waals surface area contributed by atoms with E-state index in [9.17, 15) is 23.3 Å². The summed E-state index contributed by atoms with van der Waals surface area (Å²) in [6.07, 6.45) is 3.72. The van der Waals surface area contributed by atoms with Crippen molar-refractivity contribution >= 4 is 21.6 Å². The van der Waals surface area contributed by atoms with Gasteiger partial charge in [0.1, 0.15) is 6.04 Å². The summed E-state index contributed by atoms with van der Waals surface area (Å²) >= 11 is 0. The van der Waals surface area contributed by atoms with Crippen LogP contribution in [0, 0.1) is 16.0 Å². The number of nitro groups is 1. The fourth-order valence-electron chi connectivity index (χ4n) is 3.24. The van der Waals surface area contributed by atoms with Gasteiger partial charge < -0.3 is 4.74 Å². The van der Waals surface area contributed by atoms with E-state index >= 15 is 0 Å². The number of hydrogen-bond donors (Lipinski definition) is 0. The number of benzene rings is 1. The number of carbonyl (C=O) groups is 1. The van der Waals surface area contributed by atoms with Gasteiger partial charge in [-0.1, -0.05) is 56.3 Å². The Morgan fingerprint density at radius 3 is 2.32 bits per heavy atom.